The zero-order valence-corrected chi connectivity index (χ0v) is 10.8. The third-order valence-electron chi connectivity index (χ3n) is 2.69. The van der Waals surface area contributed by atoms with E-state index in [0.717, 1.165) is 11.5 Å². The Balaban J connectivity index is 1.76. The van der Waals surface area contributed by atoms with Gasteiger partial charge in [-0.2, -0.15) is 0 Å². The third kappa shape index (κ3) is 3.18. The Kier molecular flexibility index (Phi) is 3.65. The van der Waals surface area contributed by atoms with Gasteiger partial charge in [-0.25, -0.2) is 0 Å². The second-order valence-corrected chi connectivity index (χ2v) is 4.23. The van der Waals surface area contributed by atoms with Gasteiger partial charge in [-0.15, -0.1) is 0 Å². The number of hydrogen-bond acceptors (Lipinski definition) is 2. The van der Waals surface area contributed by atoms with E-state index in [4.69, 9.17) is 9.47 Å². The molecular formula is C18H13O2. The minimum Gasteiger partial charge on any atom is -0.457 e. The lowest BCUT2D eigenvalue weighted by Gasteiger charge is -2.08. The zero-order valence-electron chi connectivity index (χ0n) is 10.8. The Bertz CT molecular complexity index is 607. The maximum absolute atomic E-state index is 5.75. The molecule has 2 nitrogen and oxygen atoms in total. The molecule has 0 aliphatic carbocycles. The van der Waals surface area contributed by atoms with E-state index in [1.165, 1.54) is 0 Å². The lowest BCUT2D eigenvalue weighted by molar-refractivity contribution is 0.460. The highest BCUT2D eigenvalue weighted by Gasteiger charge is 2.01. The Morgan fingerprint density at radius 2 is 1.00 bits per heavy atom. The minimum absolute atomic E-state index is 0.699. The molecule has 0 amide bonds. The van der Waals surface area contributed by atoms with Crippen molar-refractivity contribution < 1.29 is 9.47 Å². The summed E-state index contributed by atoms with van der Waals surface area (Å²) < 4.78 is 11.5. The maximum Gasteiger partial charge on any atom is 0.131 e. The third-order valence-corrected chi connectivity index (χ3v) is 2.69. The zero-order chi connectivity index (χ0) is 13.6. The Hall–Kier alpha value is -2.74. The molecular weight excluding hydrogens is 248 g/mol. The van der Waals surface area contributed by atoms with Gasteiger partial charge in [-0.05, 0) is 42.5 Å². The first kappa shape index (κ1) is 12.3. The van der Waals surface area contributed by atoms with Crippen LogP contribution in [0.5, 0.6) is 23.0 Å². The lowest BCUT2D eigenvalue weighted by Crippen LogP contribution is -1.86. The van der Waals surface area contributed by atoms with Crippen molar-refractivity contribution in [2.24, 2.45) is 0 Å². The SMILES string of the molecule is [c]1cc(Oc2ccccc2)cc(Oc2ccccc2)c1. The van der Waals surface area contributed by atoms with Crippen LogP contribution in [0, 0.1) is 6.07 Å². The lowest BCUT2D eigenvalue weighted by atomic mass is 10.3. The first-order valence-corrected chi connectivity index (χ1v) is 6.37. The molecule has 0 saturated carbocycles. The van der Waals surface area contributed by atoms with E-state index < -0.39 is 0 Å². The molecule has 0 spiro atoms. The van der Waals surface area contributed by atoms with E-state index in [1.54, 1.807) is 12.1 Å². The molecule has 0 aliphatic heterocycles. The van der Waals surface area contributed by atoms with Crippen molar-refractivity contribution >= 4 is 0 Å². The molecule has 0 fully saturated rings. The van der Waals surface area contributed by atoms with Gasteiger partial charge in [0.2, 0.25) is 0 Å². The van der Waals surface area contributed by atoms with Crippen molar-refractivity contribution in [3.63, 3.8) is 0 Å². The van der Waals surface area contributed by atoms with Crippen LogP contribution in [0.1, 0.15) is 0 Å². The van der Waals surface area contributed by atoms with Crippen LogP contribution >= 0.6 is 0 Å². The second-order valence-electron chi connectivity index (χ2n) is 4.23. The Morgan fingerprint density at radius 3 is 1.45 bits per heavy atom. The molecule has 0 saturated heterocycles. The average molecular weight is 261 g/mol. The van der Waals surface area contributed by atoms with E-state index in [-0.39, 0.29) is 0 Å². The highest BCUT2D eigenvalue weighted by molar-refractivity contribution is 5.38. The predicted molar refractivity (Wildman–Crippen MR) is 78.3 cm³/mol. The van der Waals surface area contributed by atoms with E-state index in [1.807, 2.05) is 66.7 Å². The molecule has 0 N–H and O–H groups in total. The summed E-state index contributed by atoms with van der Waals surface area (Å²) in [6.45, 7) is 0. The molecule has 3 aromatic rings. The quantitative estimate of drug-likeness (QED) is 0.652. The number of ether oxygens (including phenoxy) is 2. The van der Waals surface area contributed by atoms with Crippen LogP contribution in [0.25, 0.3) is 0 Å². The fourth-order valence-corrected chi connectivity index (χ4v) is 1.80. The van der Waals surface area contributed by atoms with Crippen LogP contribution in [-0.4, -0.2) is 0 Å². The molecule has 20 heavy (non-hydrogen) atoms. The summed E-state index contributed by atoms with van der Waals surface area (Å²) in [5, 5.41) is 0. The normalized spacial score (nSPS) is 10.0. The highest BCUT2D eigenvalue weighted by Crippen LogP contribution is 2.27. The molecule has 0 atom stereocenters. The van der Waals surface area contributed by atoms with Gasteiger partial charge in [0.15, 0.2) is 0 Å². The smallest absolute Gasteiger partial charge is 0.131 e. The summed E-state index contributed by atoms with van der Waals surface area (Å²) in [7, 11) is 0. The topological polar surface area (TPSA) is 18.5 Å². The monoisotopic (exact) mass is 261 g/mol. The number of benzene rings is 3. The standard InChI is InChI=1S/C18H13O2/c1-3-8-15(9-4-1)19-17-12-7-13-18(14-17)20-16-10-5-2-6-11-16/h1-6,8-14H. The van der Waals surface area contributed by atoms with Crippen LogP contribution in [-0.2, 0) is 0 Å². The van der Waals surface area contributed by atoms with E-state index in [0.29, 0.717) is 11.5 Å². The molecule has 0 aliphatic rings. The summed E-state index contributed by atoms with van der Waals surface area (Å²) in [5.41, 5.74) is 0. The van der Waals surface area contributed by atoms with Crippen LogP contribution in [0.3, 0.4) is 0 Å². The van der Waals surface area contributed by atoms with Crippen molar-refractivity contribution in [3.8, 4) is 23.0 Å². The predicted octanol–water partition coefficient (Wildman–Crippen LogP) is 5.07. The summed E-state index contributed by atoms with van der Waals surface area (Å²) >= 11 is 0. The van der Waals surface area contributed by atoms with Crippen molar-refractivity contribution in [3.05, 3.63) is 84.9 Å². The van der Waals surface area contributed by atoms with Gasteiger partial charge in [0, 0.05) is 6.07 Å². The van der Waals surface area contributed by atoms with Gasteiger partial charge < -0.3 is 9.47 Å². The number of rotatable bonds is 4. The van der Waals surface area contributed by atoms with Crippen LogP contribution in [0.4, 0.5) is 0 Å². The second kappa shape index (κ2) is 5.93. The number of para-hydroxylation sites is 2. The van der Waals surface area contributed by atoms with Gasteiger partial charge in [-0.1, -0.05) is 36.4 Å². The summed E-state index contributed by atoms with van der Waals surface area (Å²) in [6.07, 6.45) is 0. The summed E-state index contributed by atoms with van der Waals surface area (Å²) in [4.78, 5) is 0. The molecule has 0 heterocycles. The average Bonchev–Trinajstić information content (AvgIpc) is 2.50. The van der Waals surface area contributed by atoms with Crippen molar-refractivity contribution in [1.29, 1.82) is 0 Å². The number of hydrogen-bond donors (Lipinski definition) is 0. The van der Waals surface area contributed by atoms with Crippen molar-refractivity contribution in [1.82, 2.24) is 0 Å². The van der Waals surface area contributed by atoms with Crippen LogP contribution in [0.2, 0.25) is 0 Å². The van der Waals surface area contributed by atoms with Gasteiger partial charge >= 0.3 is 0 Å². The fraction of sp³-hybridized carbons (Fsp3) is 0. The van der Waals surface area contributed by atoms with Gasteiger partial charge in [0.05, 0.1) is 0 Å². The van der Waals surface area contributed by atoms with Gasteiger partial charge in [-0.3, -0.25) is 0 Å². The Morgan fingerprint density at radius 1 is 0.550 bits per heavy atom. The Labute approximate surface area is 118 Å². The first-order chi connectivity index (χ1) is 9.90. The van der Waals surface area contributed by atoms with E-state index >= 15 is 0 Å². The summed E-state index contributed by atoms with van der Waals surface area (Å²) in [6, 6.07) is 27.7. The maximum atomic E-state index is 5.75. The van der Waals surface area contributed by atoms with E-state index in [2.05, 4.69) is 6.07 Å². The van der Waals surface area contributed by atoms with Gasteiger partial charge in [0.1, 0.15) is 23.0 Å². The molecule has 97 valence electrons. The molecule has 3 rings (SSSR count). The van der Waals surface area contributed by atoms with Crippen LogP contribution in [0.15, 0.2) is 78.9 Å². The fourth-order valence-electron chi connectivity index (χ4n) is 1.80. The van der Waals surface area contributed by atoms with Crippen LogP contribution < -0.4 is 9.47 Å². The summed E-state index contributed by atoms with van der Waals surface area (Å²) in [5.74, 6) is 2.98. The first-order valence-electron chi connectivity index (χ1n) is 6.37. The highest BCUT2D eigenvalue weighted by atomic mass is 16.5. The molecule has 0 bridgehead atoms. The van der Waals surface area contributed by atoms with Gasteiger partial charge in [0.25, 0.3) is 0 Å². The molecule has 0 unspecified atom stereocenters. The molecule has 0 aromatic heterocycles. The van der Waals surface area contributed by atoms with Crippen molar-refractivity contribution in [2.75, 3.05) is 0 Å². The molecule has 2 heteroatoms. The largest absolute Gasteiger partial charge is 0.457 e. The molecule has 1 radical (unpaired) electrons. The van der Waals surface area contributed by atoms with Crippen molar-refractivity contribution in [2.45, 2.75) is 0 Å². The van der Waals surface area contributed by atoms with E-state index in [9.17, 15) is 0 Å². The minimum atomic E-state index is 0.699. The molecule has 3 aromatic carbocycles.